The minimum absolute atomic E-state index is 0.0253. The number of carbonyl (C=O) groups excluding carboxylic acids is 2. The monoisotopic (exact) mass is 348 g/mol. The molecule has 4 rings (SSSR count). The fraction of sp³-hybridized carbons (Fsp3) is 0.529. The van der Waals surface area contributed by atoms with Crippen LogP contribution in [0.25, 0.3) is 0 Å². The highest BCUT2D eigenvalue weighted by Gasteiger charge is 2.36. The summed E-state index contributed by atoms with van der Waals surface area (Å²) in [6, 6.07) is 0. The van der Waals surface area contributed by atoms with Crippen molar-refractivity contribution in [1.29, 1.82) is 0 Å². The van der Waals surface area contributed by atoms with Crippen LogP contribution in [0.3, 0.4) is 0 Å². The second-order valence-corrected chi connectivity index (χ2v) is 6.44. The summed E-state index contributed by atoms with van der Waals surface area (Å²) < 4.78 is 16.2. The highest BCUT2D eigenvalue weighted by atomic mass is 16.7. The van der Waals surface area contributed by atoms with Crippen LogP contribution in [0.5, 0.6) is 17.2 Å². The number of hydrogen-bond acceptors (Lipinski definition) is 6. The molecule has 0 unspecified atom stereocenters. The van der Waals surface area contributed by atoms with E-state index in [0.29, 0.717) is 42.9 Å². The fourth-order valence-electron chi connectivity index (χ4n) is 3.56. The summed E-state index contributed by atoms with van der Waals surface area (Å²) in [7, 11) is 1.69. The summed E-state index contributed by atoms with van der Waals surface area (Å²) in [5, 5.41) is 13.3. The Kier molecular flexibility index (Phi) is 3.91. The largest absolute Gasteiger partial charge is 0.504 e. The molecule has 1 fully saturated rings. The maximum Gasteiger partial charge on any atom is 0.257 e. The average molecular weight is 348 g/mol. The molecular formula is C17H20N2O6. The SMILES string of the molecule is CN1CCc2c(CNC(=O)[C@H]3CCCO3)c3c(c(O)c2C1=O)OCO3. The van der Waals surface area contributed by atoms with E-state index in [1.807, 2.05) is 0 Å². The van der Waals surface area contributed by atoms with Crippen LogP contribution in [-0.4, -0.2) is 54.9 Å². The zero-order valence-corrected chi connectivity index (χ0v) is 14.0. The van der Waals surface area contributed by atoms with E-state index in [-0.39, 0.29) is 42.2 Å². The molecular weight excluding hydrogens is 328 g/mol. The quantitative estimate of drug-likeness (QED) is 0.828. The minimum Gasteiger partial charge on any atom is -0.504 e. The second-order valence-electron chi connectivity index (χ2n) is 6.44. The van der Waals surface area contributed by atoms with Crippen molar-refractivity contribution in [1.82, 2.24) is 10.2 Å². The molecule has 2 amide bonds. The number of ether oxygens (including phenoxy) is 3. The molecule has 1 atom stereocenters. The van der Waals surface area contributed by atoms with Crippen molar-refractivity contribution in [3.05, 3.63) is 16.7 Å². The summed E-state index contributed by atoms with van der Waals surface area (Å²) in [6.45, 7) is 1.31. The maximum atomic E-state index is 12.5. The normalized spacial score (nSPS) is 21.4. The Labute approximate surface area is 144 Å². The predicted molar refractivity (Wildman–Crippen MR) is 85.7 cm³/mol. The van der Waals surface area contributed by atoms with Gasteiger partial charge in [0.25, 0.3) is 5.91 Å². The predicted octanol–water partition coefficient (Wildman–Crippen LogP) is 0.544. The van der Waals surface area contributed by atoms with Gasteiger partial charge in [0.1, 0.15) is 6.10 Å². The van der Waals surface area contributed by atoms with E-state index in [1.54, 1.807) is 11.9 Å². The van der Waals surface area contributed by atoms with Crippen molar-refractivity contribution in [2.24, 2.45) is 0 Å². The summed E-state index contributed by atoms with van der Waals surface area (Å²) in [5.41, 5.74) is 1.63. The van der Waals surface area contributed by atoms with Gasteiger partial charge < -0.3 is 29.5 Å². The molecule has 3 aliphatic rings. The van der Waals surface area contributed by atoms with Crippen molar-refractivity contribution in [2.75, 3.05) is 27.0 Å². The molecule has 8 nitrogen and oxygen atoms in total. The fourth-order valence-corrected chi connectivity index (χ4v) is 3.56. The number of amides is 2. The molecule has 0 bridgehead atoms. The average Bonchev–Trinajstić information content (AvgIpc) is 3.28. The van der Waals surface area contributed by atoms with Crippen LogP contribution in [0, 0.1) is 0 Å². The van der Waals surface area contributed by atoms with Gasteiger partial charge in [-0.2, -0.15) is 0 Å². The minimum atomic E-state index is -0.425. The Morgan fingerprint density at radius 3 is 2.92 bits per heavy atom. The van der Waals surface area contributed by atoms with Crippen LogP contribution >= 0.6 is 0 Å². The van der Waals surface area contributed by atoms with Crippen LogP contribution < -0.4 is 14.8 Å². The number of nitrogens with zero attached hydrogens (tertiary/aromatic N) is 1. The van der Waals surface area contributed by atoms with E-state index in [2.05, 4.69) is 5.32 Å². The van der Waals surface area contributed by atoms with Crippen molar-refractivity contribution < 1.29 is 28.9 Å². The molecule has 1 aromatic rings. The molecule has 3 aliphatic heterocycles. The molecule has 0 aliphatic carbocycles. The molecule has 2 N–H and O–H groups in total. The van der Waals surface area contributed by atoms with E-state index >= 15 is 0 Å². The van der Waals surface area contributed by atoms with Crippen LogP contribution in [0.15, 0.2) is 0 Å². The molecule has 1 aromatic carbocycles. The van der Waals surface area contributed by atoms with Gasteiger partial charge in [-0.3, -0.25) is 9.59 Å². The lowest BCUT2D eigenvalue weighted by molar-refractivity contribution is -0.130. The number of aromatic hydroxyl groups is 1. The van der Waals surface area contributed by atoms with E-state index in [4.69, 9.17) is 14.2 Å². The molecule has 0 spiro atoms. The summed E-state index contributed by atoms with van der Waals surface area (Å²) >= 11 is 0. The molecule has 1 saturated heterocycles. The number of benzene rings is 1. The zero-order valence-electron chi connectivity index (χ0n) is 14.0. The van der Waals surface area contributed by atoms with E-state index in [0.717, 1.165) is 6.42 Å². The Morgan fingerprint density at radius 2 is 2.16 bits per heavy atom. The number of rotatable bonds is 3. The lowest BCUT2D eigenvalue weighted by atomic mass is 9.91. The van der Waals surface area contributed by atoms with Crippen LogP contribution in [-0.2, 0) is 22.5 Å². The highest BCUT2D eigenvalue weighted by molar-refractivity contribution is 6.01. The van der Waals surface area contributed by atoms with Gasteiger partial charge in [-0.1, -0.05) is 0 Å². The molecule has 134 valence electrons. The van der Waals surface area contributed by atoms with Gasteiger partial charge in [0.05, 0.1) is 5.56 Å². The summed E-state index contributed by atoms with van der Waals surface area (Å²) in [4.78, 5) is 26.3. The molecule has 0 aromatic heterocycles. The smallest absolute Gasteiger partial charge is 0.257 e. The van der Waals surface area contributed by atoms with Crippen LogP contribution in [0.2, 0.25) is 0 Å². The standard InChI is InChI=1S/C17H20N2O6/c1-19-5-4-9-10(7-18-16(21)11-3-2-6-23-11)14-15(25-8-24-14)13(20)12(9)17(19)22/h11,20H,2-8H2,1H3,(H,18,21)/t11-/m1/s1. The molecule has 3 heterocycles. The lowest BCUT2D eigenvalue weighted by Crippen LogP contribution is -2.37. The summed E-state index contributed by atoms with van der Waals surface area (Å²) in [5.74, 6) is -0.0479. The Bertz CT molecular complexity index is 741. The molecule has 25 heavy (non-hydrogen) atoms. The van der Waals surface area contributed by atoms with Crippen molar-refractivity contribution in [3.63, 3.8) is 0 Å². The van der Waals surface area contributed by atoms with Gasteiger partial charge in [0.15, 0.2) is 11.5 Å². The van der Waals surface area contributed by atoms with Crippen molar-refractivity contribution in [3.8, 4) is 17.2 Å². The number of likely N-dealkylation sites (N-methyl/N-ethyl adjacent to an activating group) is 1. The third kappa shape index (κ3) is 2.57. The Hall–Kier alpha value is -2.48. The second kappa shape index (κ2) is 6.11. The topological polar surface area (TPSA) is 97.3 Å². The maximum absolute atomic E-state index is 12.5. The molecule has 0 radical (unpaired) electrons. The number of nitrogens with one attached hydrogen (secondary N) is 1. The van der Waals surface area contributed by atoms with Gasteiger partial charge in [-0.05, 0) is 24.8 Å². The highest BCUT2D eigenvalue weighted by Crippen LogP contribution is 2.48. The third-order valence-electron chi connectivity index (χ3n) is 4.92. The lowest BCUT2D eigenvalue weighted by Gasteiger charge is -2.28. The zero-order chi connectivity index (χ0) is 17.6. The van der Waals surface area contributed by atoms with Crippen molar-refractivity contribution in [2.45, 2.75) is 31.9 Å². The first-order chi connectivity index (χ1) is 12.1. The number of fused-ring (bicyclic) bond motifs is 2. The van der Waals surface area contributed by atoms with E-state index in [9.17, 15) is 14.7 Å². The van der Waals surface area contributed by atoms with Gasteiger partial charge in [0.2, 0.25) is 18.4 Å². The molecule has 0 saturated carbocycles. The Morgan fingerprint density at radius 1 is 1.36 bits per heavy atom. The first-order valence-corrected chi connectivity index (χ1v) is 8.39. The van der Waals surface area contributed by atoms with Gasteiger partial charge in [0, 0.05) is 32.3 Å². The van der Waals surface area contributed by atoms with E-state index < -0.39 is 6.10 Å². The first kappa shape index (κ1) is 16.0. The number of hydrogen-bond donors (Lipinski definition) is 2. The van der Waals surface area contributed by atoms with Gasteiger partial charge in [-0.15, -0.1) is 0 Å². The number of carbonyl (C=O) groups is 2. The van der Waals surface area contributed by atoms with E-state index in [1.165, 1.54) is 0 Å². The first-order valence-electron chi connectivity index (χ1n) is 8.39. The summed E-state index contributed by atoms with van der Waals surface area (Å²) in [6.07, 6.45) is 1.73. The third-order valence-corrected chi connectivity index (χ3v) is 4.92. The van der Waals surface area contributed by atoms with Gasteiger partial charge >= 0.3 is 0 Å². The van der Waals surface area contributed by atoms with Crippen LogP contribution in [0.1, 0.15) is 34.3 Å². The number of phenolic OH excluding ortho intramolecular Hbond substituents is 1. The van der Waals surface area contributed by atoms with Gasteiger partial charge in [-0.25, -0.2) is 0 Å². The Balaban J connectivity index is 1.68. The number of phenols is 1. The van der Waals surface area contributed by atoms with Crippen molar-refractivity contribution >= 4 is 11.8 Å². The van der Waals surface area contributed by atoms with Crippen LogP contribution in [0.4, 0.5) is 0 Å². The molecule has 8 heteroatoms.